The number of hydrogen-bond donors (Lipinski definition) is 0. The van der Waals surface area contributed by atoms with Crippen LogP contribution in [0.4, 0.5) is 4.39 Å². The zero-order valence-electron chi connectivity index (χ0n) is 9.99. The molecule has 1 saturated heterocycles. The Hall–Kier alpha value is -0.550. The van der Waals surface area contributed by atoms with Crippen LogP contribution >= 0.6 is 27.7 Å². The third kappa shape index (κ3) is 3.72. The number of amides is 1. The summed E-state index contributed by atoms with van der Waals surface area (Å²) in [4.78, 5) is 13.7. The van der Waals surface area contributed by atoms with Gasteiger partial charge in [0.1, 0.15) is 5.82 Å². The Kier molecular flexibility index (Phi) is 5.06. The van der Waals surface area contributed by atoms with E-state index in [1.54, 1.807) is 6.07 Å². The molecule has 0 N–H and O–H groups in total. The molecule has 0 aromatic heterocycles. The van der Waals surface area contributed by atoms with Gasteiger partial charge in [0.25, 0.3) is 0 Å². The highest BCUT2D eigenvalue weighted by Gasteiger charge is 2.17. The van der Waals surface area contributed by atoms with Crippen LogP contribution in [0, 0.1) is 5.82 Å². The fourth-order valence-electron chi connectivity index (χ4n) is 1.94. The van der Waals surface area contributed by atoms with Crippen molar-refractivity contribution in [2.45, 2.75) is 18.6 Å². The molecule has 1 fully saturated rings. The minimum absolute atomic E-state index is 0.176. The van der Waals surface area contributed by atoms with E-state index >= 15 is 0 Å². The number of carbonyl (C=O) groups excluding carboxylic acids is 1. The lowest BCUT2D eigenvalue weighted by molar-refractivity contribution is -0.127. The molecule has 0 aliphatic carbocycles. The minimum Gasteiger partial charge on any atom is -0.342 e. The second kappa shape index (κ2) is 6.57. The Morgan fingerprint density at radius 1 is 1.39 bits per heavy atom. The van der Waals surface area contributed by atoms with Gasteiger partial charge in [-0.1, -0.05) is 22.0 Å². The second-order valence-corrected chi connectivity index (χ2v) is 6.22. The molecule has 98 valence electrons. The molecule has 2 rings (SSSR count). The molecule has 1 amide bonds. The maximum atomic E-state index is 13.5. The summed E-state index contributed by atoms with van der Waals surface area (Å²) in [6.45, 7) is 1.76. The van der Waals surface area contributed by atoms with Gasteiger partial charge in [0.15, 0.2) is 0 Å². The van der Waals surface area contributed by atoms with E-state index in [1.807, 2.05) is 11.0 Å². The Labute approximate surface area is 119 Å². The molecule has 1 heterocycles. The van der Waals surface area contributed by atoms with Gasteiger partial charge >= 0.3 is 0 Å². The summed E-state index contributed by atoms with van der Waals surface area (Å²) in [5.74, 6) is 0.939. The van der Waals surface area contributed by atoms with Crippen LogP contribution in [0.25, 0.3) is 0 Å². The Morgan fingerprint density at radius 2 is 2.11 bits per heavy atom. The third-order valence-corrected chi connectivity index (χ3v) is 4.42. The van der Waals surface area contributed by atoms with Crippen LogP contribution in [0.3, 0.4) is 0 Å². The highest BCUT2D eigenvalue weighted by molar-refractivity contribution is 9.10. The first kappa shape index (κ1) is 13.9. The summed E-state index contributed by atoms with van der Waals surface area (Å²) in [5.41, 5.74) is 0.650. The highest BCUT2D eigenvalue weighted by Crippen LogP contribution is 2.20. The lowest BCUT2D eigenvalue weighted by atomic mass is 10.2. The van der Waals surface area contributed by atoms with Gasteiger partial charge in [-0.15, -0.1) is 11.8 Å². The van der Waals surface area contributed by atoms with E-state index in [9.17, 15) is 9.18 Å². The van der Waals surface area contributed by atoms with Gasteiger partial charge in [-0.05, 0) is 30.5 Å². The van der Waals surface area contributed by atoms with Crippen LogP contribution in [0.15, 0.2) is 22.7 Å². The number of nitrogens with zero attached hydrogens (tertiary/aromatic N) is 1. The zero-order valence-corrected chi connectivity index (χ0v) is 12.4. The summed E-state index contributed by atoms with van der Waals surface area (Å²) in [5, 5.41) is 0. The van der Waals surface area contributed by atoms with Crippen molar-refractivity contribution >= 4 is 33.6 Å². The van der Waals surface area contributed by atoms with Crippen LogP contribution in [0.1, 0.15) is 18.4 Å². The van der Waals surface area contributed by atoms with E-state index in [4.69, 9.17) is 0 Å². The summed E-state index contributed by atoms with van der Waals surface area (Å²) < 4.78 is 14.3. The molecule has 1 aromatic carbocycles. The SMILES string of the molecule is O=C(CSCc1ccc(Br)cc1F)N1CCCC1. The molecule has 0 atom stereocenters. The van der Waals surface area contributed by atoms with E-state index in [0.717, 1.165) is 30.4 Å². The van der Waals surface area contributed by atoms with Gasteiger partial charge in [-0.2, -0.15) is 0 Å². The Bertz CT molecular complexity index is 435. The maximum absolute atomic E-state index is 13.5. The highest BCUT2D eigenvalue weighted by atomic mass is 79.9. The van der Waals surface area contributed by atoms with Crippen molar-refractivity contribution in [1.82, 2.24) is 4.90 Å². The van der Waals surface area contributed by atoms with Crippen LogP contribution in [-0.2, 0) is 10.5 Å². The molecule has 18 heavy (non-hydrogen) atoms. The smallest absolute Gasteiger partial charge is 0.232 e. The van der Waals surface area contributed by atoms with E-state index in [1.165, 1.54) is 17.8 Å². The molecule has 0 unspecified atom stereocenters. The average molecular weight is 332 g/mol. The number of carbonyl (C=O) groups is 1. The van der Waals surface area contributed by atoms with Crippen molar-refractivity contribution in [3.05, 3.63) is 34.1 Å². The normalized spacial score (nSPS) is 15.1. The molecule has 5 heteroatoms. The lowest BCUT2D eigenvalue weighted by Gasteiger charge is -2.14. The quantitative estimate of drug-likeness (QED) is 0.842. The van der Waals surface area contributed by atoms with Crippen molar-refractivity contribution < 1.29 is 9.18 Å². The molecule has 0 radical (unpaired) electrons. The van der Waals surface area contributed by atoms with Crippen LogP contribution in [0.2, 0.25) is 0 Å². The molecular formula is C13H15BrFNOS. The fourth-order valence-corrected chi connectivity index (χ4v) is 3.19. The summed E-state index contributed by atoms with van der Waals surface area (Å²) in [6, 6.07) is 5.03. The van der Waals surface area contributed by atoms with Gasteiger partial charge in [0, 0.05) is 23.3 Å². The molecule has 0 bridgehead atoms. The predicted molar refractivity (Wildman–Crippen MR) is 76.1 cm³/mol. The number of benzene rings is 1. The average Bonchev–Trinajstić information content (AvgIpc) is 2.85. The van der Waals surface area contributed by atoms with E-state index in [0.29, 0.717) is 17.1 Å². The summed E-state index contributed by atoms with van der Waals surface area (Å²) in [6.07, 6.45) is 2.22. The molecule has 1 aromatic rings. The lowest BCUT2D eigenvalue weighted by Crippen LogP contribution is -2.29. The van der Waals surface area contributed by atoms with E-state index in [2.05, 4.69) is 15.9 Å². The first-order chi connectivity index (χ1) is 8.66. The maximum Gasteiger partial charge on any atom is 0.232 e. The molecule has 1 aliphatic heterocycles. The van der Waals surface area contributed by atoms with Crippen molar-refractivity contribution in [2.75, 3.05) is 18.8 Å². The fraction of sp³-hybridized carbons (Fsp3) is 0.462. The van der Waals surface area contributed by atoms with Crippen LogP contribution in [-0.4, -0.2) is 29.6 Å². The zero-order chi connectivity index (χ0) is 13.0. The Morgan fingerprint density at radius 3 is 2.78 bits per heavy atom. The molecule has 0 spiro atoms. The van der Waals surface area contributed by atoms with Gasteiger partial charge in [-0.25, -0.2) is 4.39 Å². The van der Waals surface area contributed by atoms with Crippen molar-refractivity contribution in [3.63, 3.8) is 0 Å². The largest absolute Gasteiger partial charge is 0.342 e. The minimum atomic E-state index is -0.217. The van der Waals surface area contributed by atoms with Crippen molar-refractivity contribution in [3.8, 4) is 0 Å². The first-order valence-corrected chi connectivity index (χ1v) is 7.91. The van der Waals surface area contributed by atoms with Crippen LogP contribution < -0.4 is 0 Å². The van der Waals surface area contributed by atoms with Gasteiger partial charge in [0.2, 0.25) is 5.91 Å². The molecule has 2 nitrogen and oxygen atoms in total. The number of hydrogen-bond acceptors (Lipinski definition) is 2. The summed E-state index contributed by atoms with van der Waals surface area (Å²) >= 11 is 4.70. The monoisotopic (exact) mass is 331 g/mol. The van der Waals surface area contributed by atoms with Crippen molar-refractivity contribution in [1.29, 1.82) is 0 Å². The van der Waals surface area contributed by atoms with E-state index < -0.39 is 0 Å². The molecular weight excluding hydrogens is 317 g/mol. The van der Waals surface area contributed by atoms with Crippen molar-refractivity contribution in [2.24, 2.45) is 0 Å². The number of likely N-dealkylation sites (tertiary alicyclic amines) is 1. The van der Waals surface area contributed by atoms with Gasteiger partial charge < -0.3 is 4.90 Å². The van der Waals surface area contributed by atoms with Gasteiger partial charge in [0.05, 0.1) is 5.75 Å². The number of halogens is 2. The van der Waals surface area contributed by atoms with Gasteiger partial charge in [-0.3, -0.25) is 4.79 Å². The molecule has 0 saturated carbocycles. The standard InChI is InChI=1S/C13H15BrFNOS/c14-11-4-3-10(12(15)7-11)8-18-9-13(17)16-5-1-2-6-16/h3-4,7H,1-2,5-6,8-9H2. The van der Waals surface area contributed by atoms with Crippen LogP contribution in [0.5, 0.6) is 0 Å². The number of rotatable bonds is 4. The Balaban J connectivity index is 1.79. The first-order valence-electron chi connectivity index (χ1n) is 5.96. The third-order valence-electron chi connectivity index (χ3n) is 2.96. The summed E-state index contributed by atoms with van der Waals surface area (Å²) in [7, 11) is 0. The molecule has 1 aliphatic rings. The number of thioether (sulfide) groups is 1. The predicted octanol–water partition coefficient (Wildman–Crippen LogP) is 3.44. The van der Waals surface area contributed by atoms with E-state index in [-0.39, 0.29) is 11.7 Å². The second-order valence-electron chi connectivity index (χ2n) is 4.32. The topological polar surface area (TPSA) is 20.3 Å².